The summed E-state index contributed by atoms with van der Waals surface area (Å²) in [6.45, 7) is 1.91. The second-order valence-corrected chi connectivity index (χ2v) is 8.52. The molecule has 2 fully saturated rings. The molecule has 0 aromatic heterocycles. The largest absolute Gasteiger partial charge is 0.480 e. The molecule has 2 heterocycles. The van der Waals surface area contributed by atoms with E-state index in [4.69, 9.17) is 10.5 Å². The minimum Gasteiger partial charge on any atom is -0.480 e. The van der Waals surface area contributed by atoms with Crippen molar-refractivity contribution in [2.24, 2.45) is 5.73 Å². The maximum atomic E-state index is 12.8. The van der Waals surface area contributed by atoms with E-state index in [-0.39, 0.29) is 42.1 Å². The van der Waals surface area contributed by atoms with Crippen LogP contribution in [-0.4, -0.2) is 64.3 Å². The summed E-state index contributed by atoms with van der Waals surface area (Å²) in [5.74, 6) is -1.41. The Kier molecular flexibility index (Phi) is 9.52. The number of carbonyl (C=O) groups is 2. The van der Waals surface area contributed by atoms with E-state index in [1.807, 2.05) is 37.4 Å². The molecule has 158 valence electrons. The summed E-state index contributed by atoms with van der Waals surface area (Å²) in [5, 5.41) is 11.9. The Balaban J connectivity index is 0.00000196. The molecule has 1 spiro atoms. The van der Waals surface area contributed by atoms with Crippen molar-refractivity contribution in [1.29, 1.82) is 0 Å². The van der Waals surface area contributed by atoms with Crippen molar-refractivity contribution in [3.8, 4) is 0 Å². The third-order valence-electron chi connectivity index (χ3n) is 5.12. The topological polar surface area (TPSA) is 105 Å². The molecule has 0 amide bonds. The molecular weight excluding hydrogens is 425 g/mol. The van der Waals surface area contributed by atoms with Gasteiger partial charge in [0.1, 0.15) is 18.7 Å². The normalized spacial score (nSPS) is 24.6. The Morgan fingerprint density at radius 2 is 1.93 bits per heavy atom. The lowest BCUT2D eigenvalue weighted by atomic mass is 9.88. The number of likely N-dealkylation sites (tertiary alicyclic amines) is 1. The van der Waals surface area contributed by atoms with E-state index in [2.05, 4.69) is 10.2 Å². The molecule has 2 saturated heterocycles. The van der Waals surface area contributed by atoms with Crippen LogP contribution in [0.3, 0.4) is 0 Å². The smallest absolute Gasteiger partial charge is 0.324 e. The summed E-state index contributed by atoms with van der Waals surface area (Å²) in [5.41, 5.74) is 6.74. The van der Waals surface area contributed by atoms with Gasteiger partial charge in [0.25, 0.3) is 0 Å². The standard InChI is InChI=1S/C18H25N3O4S.2ClH/c1-21-9-7-18(8-10-21)14(20-15(26-18)13(19)16(22)23)17(24)25-11-12-5-3-2-4-6-12;;/h2-6,13-15,20H,7-11,19H2,1H3,(H,22,23);2*1H. The number of nitrogens with two attached hydrogens (primary N) is 1. The highest BCUT2D eigenvalue weighted by atomic mass is 35.5. The molecule has 10 heteroatoms. The molecule has 2 aliphatic heterocycles. The number of nitrogens with one attached hydrogen (secondary N) is 1. The Morgan fingerprint density at radius 1 is 1.32 bits per heavy atom. The van der Waals surface area contributed by atoms with Gasteiger partial charge in [-0.05, 0) is 38.5 Å². The van der Waals surface area contributed by atoms with Gasteiger partial charge >= 0.3 is 11.9 Å². The number of halogens is 2. The summed E-state index contributed by atoms with van der Waals surface area (Å²) in [4.78, 5) is 26.3. The van der Waals surface area contributed by atoms with Gasteiger partial charge in [0.15, 0.2) is 0 Å². The molecule has 3 rings (SSSR count). The quantitative estimate of drug-likeness (QED) is 0.578. The van der Waals surface area contributed by atoms with Gasteiger partial charge in [0.2, 0.25) is 0 Å². The number of carboxylic acids is 1. The summed E-state index contributed by atoms with van der Waals surface area (Å²) in [6, 6.07) is 7.88. The third-order valence-corrected chi connectivity index (χ3v) is 6.92. The van der Waals surface area contributed by atoms with Crippen molar-refractivity contribution in [3.05, 3.63) is 35.9 Å². The van der Waals surface area contributed by atoms with Gasteiger partial charge in [0.05, 0.1) is 5.37 Å². The highest BCUT2D eigenvalue weighted by Gasteiger charge is 2.54. The maximum absolute atomic E-state index is 12.8. The third kappa shape index (κ3) is 5.52. The molecule has 3 atom stereocenters. The highest BCUT2D eigenvalue weighted by molar-refractivity contribution is 8.01. The molecule has 4 N–H and O–H groups in total. The average Bonchev–Trinajstić information content (AvgIpc) is 3.02. The first kappa shape index (κ1) is 25.0. The molecule has 0 aliphatic carbocycles. The lowest BCUT2D eigenvalue weighted by Gasteiger charge is -2.39. The first-order valence-corrected chi connectivity index (χ1v) is 9.61. The summed E-state index contributed by atoms with van der Waals surface area (Å²) in [7, 11) is 2.04. The van der Waals surface area contributed by atoms with E-state index in [0.29, 0.717) is 0 Å². The van der Waals surface area contributed by atoms with Crippen LogP contribution in [0.1, 0.15) is 18.4 Å². The molecule has 0 bridgehead atoms. The van der Waals surface area contributed by atoms with Crippen LogP contribution in [0.15, 0.2) is 30.3 Å². The average molecular weight is 452 g/mol. The number of ether oxygens (including phenoxy) is 1. The summed E-state index contributed by atoms with van der Waals surface area (Å²) < 4.78 is 5.16. The number of hydrogen-bond acceptors (Lipinski definition) is 7. The van der Waals surface area contributed by atoms with Crippen molar-refractivity contribution in [3.63, 3.8) is 0 Å². The molecule has 1 aromatic carbocycles. The van der Waals surface area contributed by atoms with Crippen LogP contribution in [0.5, 0.6) is 0 Å². The van der Waals surface area contributed by atoms with Crippen molar-refractivity contribution >= 4 is 48.5 Å². The van der Waals surface area contributed by atoms with Gasteiger partial charge in [0, 0.05) is 4.75 Å². The number of benzene rings is 1. The van der Waals surface area contributed by atoms with Gasteiger partial charge in [-0.1, -0.05) is 30.3 Å². The molecular formula is C18H27Cl2N3O4S. The molecule has 2 aliphatic rings. The Hall–Kier alpha value is -1.03. The number of piperidine rings is 1. The lowest BCUT2D eigenvalue weighted by Crippen LogP contribution is -2.54. The molecule has 28 heavy (non-hydrogen) atoms. The number of nitrogens with zero attached hydrogens (tertiary/aromatic N) is 1. The second-order valence-electron chi connectivity index (χ2n) is 6.96. The minimum atomic E-state index is -1.07. The van der Waals surface area contributed by atoms with Crippen molar-refractivity contribution in [2.75, 3.05) is 20.1 Å². The van der Waals surface area contributed by atoms with Crippen LogP contribution >= 0.6 is 36.6 Å². The number of aliphatic carboxylic acids is 1. The van der Waals surface area contributed by atoms with Crippen molar-refractivity contribution in [2.45, 2.75) is 41.7 Å². The predicted octanol–water partition coefficient (Wildman–Crippen LogP) is 1.48. The van der Waals surface area contributed by atoms with E-state index in [0.717, 1.165) is 31.5 Å². The van der Waals surface area contributed by atoms with Crippen LogP contribution in [0, 0.1) is 0 Å². The van der Waals surface area contributed by atoms with Crippen LogP contribution in [0.25, 0.3) is 0 Å². The molecule has 1 aromatic rings. The number of carbonyl (C=O) groups excluding carboxylic acids is 1. The van der Waals surface area contributed by atoms with E-state index >= 15 is 0 Å². The molecule has 7 nitrogen and oxygen atoms in total. The van der Waals surface area contributed by atoms with Gasteiger partial charge in [-0.3, -0.25) is 14.9 Å². The van der Waals surface area contributed by atoms with Crippen LogP contribution in [0.4, 0.5) is 0 Å². The Bertz CT molecular complexity index is 659. The van der Waals surface area contributed by atoms with E-state index in [1.165, 1.54) is 11.8 Å². The van der Waals surface area contributed by atoms with Crippen LogP contribution < -0.4 is 11.1 Å². The Labute approximate surface area is 181 Å². The number of carboxylic acid groups (broad SMARTS) is 1. The first-order valence-electron chi connectivity index (χ1n) is 8.73. The SMILES string of the molecule is CN1CCC2(CC1)SC(C(N)C(=O)O)NC2C(=O)OCc1ccccc1.Cl.Cl. The second kappa shape index (κ2) is 10.7. The van der Waals surface area contributed by atoms with Crippen molar-refractivity contribution < 1.29 is 19.4 Å². The molecule has 0 saturated carbocycles. The molecule has 3 unspecified atom stereocenters. The van der Waals surface area contributed by atoms with Crippen molar-refractivity contribution in [1.82, 2.24) is 10.2 Å². The Morgan fingerprint density at radius 3 is 2.50 bits per heavy atom. The zero-order valence-electron chi connectivity index (χ0n) is 15.6. The number of hydrogen-bond donors (Lipinski definition) is 3. The maximum Gasteiger partial charge on any atom is 0.324 e. The van der Waals surface area contributed by atoms with E-state index in [1.54, 1.807) is 0 Å². The summed E-state index contributed by atoms with van der Waals surface area (Å²) in [6.07, 6.45) is 1.57. The highest BCUT2D eigenvalue weighted by Crippen LogP contribution is 2.46. The number of esters is 1. The zero-order chi connectivity index (χ0) is 18.7. The molecule has 0 radical (unpaired) electrons. The van der Waals surface area contributed by atoms with Gasteiger partial charge in [-0.15, -0.1) is 36.6 Å². The fourth-order valence-corrected chi connectivity index (χ4v) is 5.17. The van der Waals surface area contributed by atoms with Gasteiger partial charge in [-0.2, -0.15) is 0 Å². The minimum absolute atomic E-state index is 0. The van der Waals surface area contributed by atoms with Gasteiger partial charge in [-0.25, -0.2) is 0 Å². The van der Waals surface area contributed by atoms with Crippen LogP contribution in [0.2, 0.25) is 0 Å². The first-order chi connectivity index (χ1) is 12.4. The number of thioether (sulfide) groups is 1. The fourth-order valence-electron chi connectivity index (χ4n) is 3.48. The monoisotopic (exact) mass is 451 g/mol. The van der Waals surface area contributed by atoms with E-state index in [9.17, 15) is 14.7 Å². The zero-order valence-corrected chi connectivity index (χ0v) is 18.0. The van der Waals surface area contributed by atoms with Gasteiger partial charge < -0.3 is 20.5 Å². The fraction of sp³-hybridized carbons (Fsp3) is 0.556. The van der Waals surface area contributed by atoms with Crippen LogP contribution in [-0.2, 0) is 20.9 Å². The predicted molar refractivity (Wildman–Crippen MR) is 114 cm³/mol. The van der Waals surface area contributed by atoms with E-state index < -0.39 is 23.4 Å². The summed E-state index contributed by atoms with van der Waals surface area (Å²) >= 11 is 1.49. The number of rotatable bonds is 5. The lowest BCUT2D eigenvalue weighted by molar-refractivity contribution is -0.149.